The van der Waals surface area contributed by atoms with Gasteiger partial charge in [-0.2, -0.15) is 0 Å². The zero-order chi connectivity index (χ0) is 14.8. The molecule has 0 saturated carbocycles. The van der Waals surface area contributed by atoms with Gasteiger partial charge in [0.15, 0.2) is 15.0 Å². The van der Waals surface area contributed by atoms with Crippen molar-refractivity contribution in [1.29, 1.82) is 0 Å². The van der Waals surface area contributed by atoms with Crippen molar-refractivity contribution in [3.63, 3.8) is 0 Å². The molecule has 2 heterocycles. The van der Waals surface area contributed by atoms with Gasteiger partial charge in [0, 0.05) is 12.6 Å². The molecule has 1 aliphatic rings. The Hall–Kier alpha value is -0.800. The van der Waals surface area contributed by atoms with Crippen LogP contribution in [0.5, 0.6) is 0 Å². The molecule has 1 saturated heterocycles. The van der Waals surface area contributed by atoms with Crippen LogP contribution < -0.4 is 5.73 Å². The molecule has 1 unspecified atom stereocenters. The van der Waals surface area contributed by atoms with E-state index in [1.807, 2.05) is 6.92 Å². The van der Waals surface area contributed by atoms with Gasteiger partial charge in [-0.25, -0.2) is 13.4 Å². The molecule has 1 amide bonds. The molecule has 2 N–H and O–H groups in total. The summed E-state index contributed by atoms with van der Waals surface area (Å²) in [7, 11) is -2.97. The highest BCUT2D eigenvalue weighted by Gasteiger charge is 2.33. The maximum Gasteiger partial charge on any atom is 0.233 e. The number of thioether (sulfide) groups is 1. The number of nitrogens with two attached hydrogens (primary N) is 1. The second kappa shape index (κ2) is 6.31. The first-order chi connectivity index (χ1) is 9.41. The summed E-state index contributed by atoms with van der Waals surface area (Å²) in [5.74, 6) is 0.517. The minimum Gasteiger partial charge on any atom is -0.375 e. The summed E-state index contributed by atoms with van der Waals surface area (Å²) in [5.41, 5.74) is 5.53. The molecule has 20 heavy (non-hydrogen) atoms. The van der Waals surface area contributed by atoms with E-state index >= 15 is 0 Å². The zero-order valence-electron chi connectivity index (χ0n) is 11.1. The predicted molar refractivity (Wildman–Crippen MR) is 81.7 cm³/mol. The van der Waals surface area contributed by atoms with Crippen LogP contribution in [0.25, 0.3) is 0 Å². The topological polar surface area (TPSA) is 93.4 Å². The normalized spacial score (nSPS) is 20.9. The van der Waals surface area contributed by atoms with Crippen molar-refractivity contribution in [2.45, 2.75) is 23.6 Å². The summed E-state index contributed by atoms with van der Waals surface area (Å²) in [6.07, 6.45) is 2.19. The van der Waals surface area contributed by atoms with Gasteiger partial charge in [-0.3, -0.25) is 4.79 Å². The van der Waals surface area contributed by atoms with E-state index in [0.717, 1.165) is 4.21 Å². The van der Waals surface area contributed by atoms with Crippen molar-refractivity contribution in [1.82, 2.24) is 9.88 Å². The molecular formula is C11H17N3O3S3. The Morgan fingerprint density at radius 1 is 1.65 bits per heavy atom. The highest BCUT2D eigenvalue weighted by molar-refractivity contribution is 8.01. The third-order valence-electron chi connectivity index (χ3n) is 3.15. The van der Waals surface area contributed by atoms with Crippen molar-refractivity contribution in [3.05, 3.63) is 6.20 Å². The Morgan fingerprint density at radius 3 is 2.90 bits per heavy atom. The van der Waals surface area contributed by atoms with Gasteiger partial charge in [0.2, 0.25) is 5.91 Å². The second-order valence-corrected chi connectivity index (χ2v) is 9.11. The molecule has 1 aliphatic heterocycles. The quantitative estimate of drug-likeness (QED) is 0.802. The molecule has 1 atom stereocenters. The maximum absolute atomic E-state index is 12.2. The Bertz CT molecular complexity index is 585. The lowest BCUT2D eigenvalue weighted by Gasteiger charge is -2.26. The van der Waals surface area contributed by atoms with E-state index in [1.54, 1.807) is 11.1 Å². The Morgan fingerprint density at radius 2 is 2.40 bits per heavy atom. The van der Waals surface area contributed by atoms with Gasteiger partial charge in [-0.05, 0) is 13.3 Å². The van der Waals surface area contributed by atoms with Gasteiger partial charge >= 0.3 is 0 Å². The van der Waals surface area contributed by atoms with Crippen molar-refractivity contribution >= 4 is 44.0 Å². The number of hydrogen-bond donors (Lipinski definition) is 1. The van der Waals surface area contributed by atoms with Crippen molar-refractivity contribution in [2.75, 3.05) is 29.5 Å². The minimum absolute atomic E-state index is 0.0356. The van der Waals surface area contributed by atoms with Crippen molar-refractivity contribution < 1.29 is 13.2 Å². The molecule has 1 fully saturated rings. The average Bonchev–Trinajstić information content (AvgIpc) is 2.94. The van der Waals surface area contributed by atoms with E-state index in [9.17, 15) is 13.2 Å². The molecule has 1 aromatic heterocycles. The molecule has 0 aliphatic carbocycles. The molecule has 0 bridgehead atoms. The van der Waals surface area contributed by atoms with Crippen LogP contribution in [0.2, 0.25) is 0 Å². The van der Waals surface area contributed by atoms with Crippen LogP contribution in [0.15, 0.2) is 10.4 Å². The molecular weight excluding hydrogens is 318 g/mol. The lowest BCUT2D eigenvalue weighted by Crippen LogP contribution is -2.41. The molecule has 9 heteroatoms. The third kappa shape index (κ3) is 3.86. The van der Waals surface area contributed by atoms with Gasteiger partial charge in [0.05, 0.1) is 27.7 Å². The van der Waals surface area contributed by atoms with E-state index in [-0.39, 0.29) is 29.2 Å². The number of nitrogen functional groups attached to an aromatic ring is 1. The number of nitrogens with zero attached hydrogens (tertiary/aromatic N) is 2. The number of anilines is 1. The Labute approximate surface area is 126 Å². The number of carbonyl (C=O) groups excluding carboxylic acids is 1. The fraction of sp³-hybridized carbons (Fsp3) is 0.636. The number of amides is 1. The van der Waals surface area contributed by atoms with Crippen LogP contribution in [0.3, 0.4) is 0 Å². The summed E-state index contributed by atoms with van der Waals surface area (Å²) < 4.78 is 23.9. The van der Waals surface area contributed by atoms with Crippen LogP contribution >= 0.6 is 23.1 Å². The molecule has 0 aromatic carbocycles. The van der Waals surface area contributed by atoms with Gasteiger partial charge in [-0.15, -0.1) is 11.8 Å². The Balaban J connectivity index is 1.92. The molecule has 6 nitrogen and oxygen atoms in total. The first-order valence-corrected chi connectivity index (χ1v) is 9.87. The van der Waals surface area contributed by atoms with Crippen LogP contribution in [-0.2, 0) is 14.6 Å². The van der Waals surface area contributed by atoms with Crippen LogP contribution in [0.1, 0.15) is 13.3 Å². The number of sulfone groups is 1. The van der Waals surface area contributed by atoms with Crippen molar-refractivity contribution in [3.8, 4) is 0 Å². The smallest absolute Gasteiger partial charge is 0.233 e. The fourth-order valence-corrected chi connectivity index (χ4v) is 5.59. The first-order valence-electron chi connectivity index (χ1n) is 6.25. The van der Waals surface area contributed by atoms with E-state index in [2.05, 4.69) is 4.98 Å². The van der Waals surface area contributed by atoms with E-state index in [0.29, 0.717) is 18.1 Å². The molecule has 1 aromatic rings. The standard InChI is InChI=1S/C11H17N3O3S3/c1-2-14(8-3-4-20(16,17)7-8)9(15)6-18-10-5-13-11(12)19-10/h5,8H,2-4,6-7H2,1H3,(H2,12,13). The summed E-state index contributed by atoms with van der Waals surface area (Å²) in [6.45, 7) is 2.41. The highest BCUT2D eigenvalue weighted by atomic mass is 32.2. The van der Waals surface area contributed by atoms with Gasteiger partial charge in [0.25, 0.3) is 0 Å². The number of thiazole rings is 1. The minimum atomic E-state index is -2.97. The van der Waals surface area contributed by atoms with E-state index in [4.69, 9.17) is 5.73 Å². The SMILES string of the molecule is CCN(C(=O)CSc1cnc(N)s1)C1CCS(=O)(=O)C1. The number of aromatic nitrogens is 1. The second-order valence-electron chi connectivity index (χ2n) is 4.54. The lowest BCUT2D eigenvalue weighted by molar-refractivity contribution is -0.129. The third-order valence-corrected chi connectivity index (χ3v) is 6.91. The number of hydrogen-bond acceptors (Lipinski definition) is 7. The van der Waals surface area contributed by atoms with E-state index in [1.165, 1.54) is 23.1 Å². The monoisotopic (exact) mass is 335 g/mol. The fourth-order valence-electron chi connectivity index (χ4n) is 2.21. The summed E-state index contributed by atoms with van der Waals surface area (Å²) in [6, 6.07) is -0.176. The van der Waals surface area contributed by atoms with Gasteiger partial charge in [-0.1, -0.05) is 11.3 Å². The maximum atomic E-state index is 12.2. The van der Waals surface area contributed by atoms with Gasteiger partial charge < -0.3 is 10.6 Å². The summed E-state index contributed by atoms with van der Waals surface area (Å²) in [5, 5.41) is 0.481. The highest BCUT2D eigenvalue weighted by Crippen LogP contribution is 2.27. The average molecular weight is 335 g/mol. The summed E-state index contributed by atoms with van der Waals surface area (Å²) in [4.78, 5) is 17.8. The van der Waals surface area contributed by atoms with Crippen LogP contribution in [-0.4, -0.2) is 54.1 Å². The number of rotatable bonds is 5. The first kappa shape index (κ1) is 15.6. The van der Waals surface area contributed by atoms with Crippen LogP contribution in [0, 0.1) is 0 Å². The lowest BCUT2D eigenvalue weighted by atomic mass is 10.2. The molecule has 0 radical (unpaired) electrons. The van der Waals surface area contributed by atoms with Crippen molar-refractivity contribution in [2.24, 2.45) is 0 Å². The Kier molecular flexibility index (Phi) is 4.92. The van der Waals surface area contributed by atoms with Gasteiger partial charge in [0.1, 0.15) is 0 Å². The molecule has 112 valence electrons. The molecule has 2 rings (SSSR count). The largest absolute Gasteiger partial charge is 0.375 e. The molecule has 0 spiro atoms. The zero-order valence-corrected chi connectivity index (χ0v) is 13.6. The summed E-state index contributed by atoms with van der Waals surface area (Å²) >= 11 is 2.73. The van der Waals surface area contributed by atoms with E-state index < -0.39 is 9.84 Å². The van der Waals surface area contributed by atoms with Crippen LogP contribution in [0.4, 0.5) is 5.13 Å². The predicted octanol–water partition coefficient (Wildman–Crippen LogP) is 0.853. The number of carbonyl (C=O) groups is 1.